The maximum atomic E-state index is 13.5. The van der Waals surface area contributed by atoms with Crippen LogP contribution in [0.5, 0.6) is 5.75 Å². The Bertz CT molecular complexity index is 1440. The molecule has 0 bridgehead atoms. The number of amides is 1. The maximum Gasteiger partial charge on any atom is 0.338 e. The highest BCUT2D eigenvalue weighted by molar-refractivity contribution is 5.90. The molecular formula is C32H38N4O5. The molecule has 1 amide bonds. The minimum atomic E-state index is -0.377. The number of anilines is 1. The fourth-order valence-corrected chi connectivity index (χ4v) is 4.76. The molecule has 2 aliphatic rings. The summed E-state index contributed by atoms with van der Waals surface area (Å²) in [6, 6.07) is 16.4. The number of nitrogens with zero attached hydrogens (tertiary/aromatic N) is 4. The molecule has 41 heavy (non-hydrogen) atoms. The quantitative estimate of drug-likeness (QED) is 0.346. The van der Waals surface area contributed by atoms with Crippen LogP contribution in [0.3, 0.4) is 0 Å². The van der Waals surface area contributed by atoms with E-state index in [1.54, 1.807) is 24.4 Å². The average molecular weight is 559 g/mol. The van der Waals surface area contributed by atoms with Gasteiger partial charge in [0.1, 0.15) is 5.69 Å². The van der Waals surface area contributed by atoms with E-state index in [9.17, 15) is 14.4 Å². The number of carbonyl (C=O) groups excluding carboxylic acids is 2. The molecule has 0 spiro atoms. The highest BCUT2D eigenvalue weighted by atomic mass is 16.5. The SMILES string of the molecule is CC(C)COC(=O)c1cccc(CC(=O)N2CCN(c3cnn(-c4ccccc4)c(=O)c3OCC3(C)CC3)CC2)c1. The molecule has 2 heterocycles. The van der Waals surface area contributed by atoms with Crippen LogP contribution in [0.2, 0.25) is 0 Å². The van der Waals surface area contributed by atoms with Gasteiger partial charge in [0, 0.05) is 31.6 Å². The number of aromatic nitrogens is 2. The zero-order chi connectivity index (χ0) is 29.0. The Morgan fingerprint density at radius 3 is 2.41 bits per heavy atom. The van der Waals surface area contributed by atoms with Crippen molar-refractivity contribution in [3.8, 4) is 11.4 Å². The van der Waals surface area contributed by atoms with Crippen molar-refractivity contribution in [1.29, 1.82) is 0 Å². The Morgan fingerprint density at radius 2 is 1.73 bits per heavy atom. The highest BCUT2D eigenvalue weighted by Gasteiger charge is 2.39. The number of benzene rings is 2. The lowest BCUT2D eigenvalue weighted by Crippen LogP contribution is -2.49. The molecule has 0 atom stereocenters. The number of ether oxygens (including phenoxy) is 2. The molecule has 0 radical (unpaired) electrons. The molecule has 1 saturated heterocycles. The summed E-state index contributed by atoms with van der Waals surface area (Å²) in [6.07, 6.45) is 4.07. The monoisotopic (exact) mass is 558 g/mol. The van der Waals surface area contributed by atoms with Crippen molar-refractivity contribution >= 4 is 17.6 Å². The van der Waals surface area contributed by atoms with Crippen molar-refractivity contribution in [3.05, 3.63) is 82.3 Å². The molecule has 1 aromatic heterocycles. The minimum absolute atomic E-state index is 0.00639. The summed E-state index contributed by atoms with van der Waals surface area (Å²) in [5.41, 5.74) is 2.38. The predicted octanol–water partition coefficient (Wildman–Crippen LogP) is 4.12. The average Bonchev–Trinajstić information content (AvgIpc) is 3.72. The summed E-state index contributed by atoms with van der Waals surface area (Å²) in [6.45, 7) is 9.10. The molecule has 1 aliphatic heterocycles. The van der Waals surface area contributed by atoms with E-state index in [-0.39, 0.29) is 35.2 Å². The highest BCUT2D eigenvalue weighted by Crippen LogP contribution is 2.45. The molecule has 1 saturated carbocycles. The van der Waals surface area contributed by atoms with Gasteiger partial charge in [-0.1, -0.05) is 51.1 Å². The van der Waals surface area contributed by atoms with E-state index in [1.807, 2.05) is 55.1 Å². The summed E-state index contributed by atoms with van der Waals surface area (Å²) in [4.78, 5) is 42.9. The van der Waals surface area contributed by atoms with Crippen LogP contribution < -0.4 is 15.2 Å². The lowest BCUT2D eigenvalue weighted by atomic mass is 10.1. The summed E-state index contributed by atoms with van der Waals surface area (Å²) >= 11 is 0. The van der Waals surface area contributed by atoms with Crippen molar-refractivity contribution in [2.45, 2.75) is 40.0 Å². The first-order chi connectivity index (χ1) is 19.7. The molecule has 3 aromatic rings. The van der Waals surface area contributed by atoms with E-state index in [0.717, 1.165) is 18.4 Å². The zero-order valence-electron chi connectivity index (χ0n) is 24.0. The van der Waals surface area contributed by atoms with Gasteiger partial charge in [0.15, 0.2) is 0 Å². The standard InChI is InChI=1S/C32H38N4O5/c1-23(2)21-40-31(39)25-9-7-8-24(18-25)19-28(37)35-16-14-34(15-17-35)27-20-33-36(26-10-5-4-6-11-26)30(38)29(27)41-22-32(3)12-13-32/h4-11,18,20,23H,12-17,19,21-22H2,1-3H3. The van der Waals surface area contributed by atoms with Gasteiger partial charge >= 0.3 is 11.5 Å². The largest absolute Gasteiger partial charge is 0.486 e. The van der Waals surface area contributed by atoms with Gasteiger partial charge in [-0.05, 0) is 48.6 Å². The van der Waals surface area contributed by atoms with Gasteiger partial charge in [0.05, 0.1) is 37.1 Å². The summed E-state index contributed by atoms with van der Waals surface area (Å²) in [5.74, 6) is 0.173. The molecule has 0 N–H and O–H groups in total. The molecule has 216 valence electrons. The number of piperazine rings is 1. The van der Waals surface area contributed by atoms with Crippen LogP contribution >= 0.6 is 0 Å². The second kappa shape index (κ2) is 12.2. The first kappa shape index (κ1) is 28.4. The van der Waals surface area contributed by atoms with Crippen LogP contribution in [0.15, 0.2) is 65.6 Å². The molecule has 2 aromatic carbocycles. The minimum Gasteiger partial charge on any atom is -0.486 e. The Labute approximate surface area is 240 Å². The van der Waals surface area contributed by atoms with Crippen LogP contribution in [-0.4, -0.2) is 65.9 Å². The molecular weight excluding hydrogens is 520 g/mol. The van der Waals surface area contributed by atoms with E-state index in [0.29, 0.717) is 62.1 Å². The van der Waals surface area contributed by atoms with Gasteiger partial charge in [-0.25, -0.2) is 4.79 Å². The van der Waals surface area contributed by atoms with Crippen LogP contribution in [-0.2, 0) is 16.0 Å². The van der Waals surface area contributed by atoms with Gasteiger partial charge in [-0.3, -0.25) is 9.59 Å². The Morgan fingerprint density at radius 1 is 1.00 bits per heavy atom. The smallest absolute Gasteiger partial charge is 0.338 e. The second-order valence-electron chi connectivity index (χ2n) is 11.7. The van der Waals surface area contributed by atoms with Gasteiger partial charge in [0.25, 0.3) is 0 Å². The second-order valence-corrected chi connectivity index (χ2v) is 11.7. The van der Waals surface area contributed by atoms with Gasteiger partial charge < -0.3 is 19.3 Å². The topological polar surface area (TPSA) is 94.0 Å². The Kier molecular flexibility index (Phi) is 8.42. The zero-order valence-corrected chi connectivity index (χ0v) is 24.0. The fraction of sp³-hybridized carbons (Fsp3) is 0.438. The molecule has 2 fully saturated rings. The number of carbonyl (C=O) groups is 2. The third-order valence-corrected chi connectivity index (χ3v) is 7.62. The molecule has 1 aliphatic carbocycles. The van der Waals surface area contributed by atoms with Crippen molar-refractivity contribution in [3.63, 3.8) is 0 Å². The predicted molar refractivity (Wildman–Crippen MR) is 157 cm³/mol. The summed E-state index contributed by atoms with van der Waals surface area (Å²) in [5, 5.41) is 4.46. The number of esters is 1. The maximum absolute atomic E-state index is 13.5. The van der Waals surface area contributed by atoms with Crippen LogP contribution in [0.25, 0.3) is 5.69 Å². The number of rotatable bonds is 10. The van der Waals surface area contributed by atoms with Gasteiger partial charge in [-0.2, -0.15) is 9.78 Å². The number of hydrogen-bond acceptors (Lipinski definition) is 7. The Hall–Kier alpha value is -4.14. The third-order valence-electron chi connectivity index (χ3n) is 7.62. The summed E-state index contributed by atoms with van der Waals surface area (Å²) < 4.78 is 12.9. The van der Waals surface area contributed by atoms with Crippen molar-refractivity contribution in [2.75, 3.05) is 44.3 Å². The normalized spacial score (nSPS) is 16.0. The van der Waals surface area contributed by atoms with E-state index in [1.165, 1.54) is 4.68 Å². The first-order valence-corrected chi connectivity index (χ1v) is 14.3. The van der Waals surface area contributed by atoms with Crippen LogP contribution in [0.1, 0.15) is 49.5 Å². The van der Waals surface area contributed by atoms with Crippen molar-refractivity contribution in [1.82, 2.24) is 14.7 Å². The molecule has 5 rings (SSSR count). The van der Waals surface area contributed by atoms with Crippen molar-refractivity contribution in [2.24, 2.45) is 11.3 Å². The molecule has 9 nitrogen and oxygen atoms in total. The number of hydrogen-bond donors (Lipinski definition) is 0. The lowest BCUT2D eigenvalue weighted by Gasteiger charge is -2.36. The van der Waals surface area contributed by atoms with Gasteiger partial charge in [0.2, 0.25) is 11.7 Å². The number of para-hydroxylation sites is 1. The van der Waals surface area contributed by atoms with E-state index >= 15 is 0 Å². The van der Waals surface area contributed by atoms with E-state index in [4.69, 9.17) is 9.47 Å². The van der Waals surface area contributed by atoms with Crippen molar-refractivity contribution < 1.29 is 19.1 Å². The molecule has 9 heteroatoms. The van der Waals surface area contributed by atoms with E-state index < -0.39 is 0 Å². The van der Waals surface area contributed by atoms with Crippen LogP contribution in [0.4, 0.5) is 5.69 Å². The first-order valence-electron chi connectivity index (χ1n) is 14.3. The fourth-order valence-electron chi connectivity index (χ4n) is 4.76. The molecule has 0 unspecified atom stereocenters. The van der Waals surface area contributed by atoms with Gasteiger partial charge in [-0.15, -0.1) is 0 Å². The summed E-state index contributed by atoms with van der Waals surface area (Å²) in [7, 11) is 0. The van der Waals surface area contributed by atoms with E-state index in [2.05, 4.69) is 16.9 Å². The lowest BCUT2D eigenvalue weighted by molar-refractivity contribution is -0.130. The van der Waals surface area contributed by atoms with Crippen LogP contribution in [0, 0.1) is 11.3 Å². The third kappa shape index (κ3) is 6.96. The Balaban J connectivity index is 1.25.